The topological polar surface area (TPSA) is 21.7 Å². The Hall–Kier alpha value is -0.930. The summed E-state index contributed by atoms with van der Waals surface area (Å²) in [5.41, 5.74) is 0. The zero-order valence-corrected chi connectivity index (χ0v) is 11.5. The fourth-order valence-corrected chi connectivity index (χ4v) is 2.52. The predicted molar refractivity (Wildman–Crippen MR) is 73.8 cm³/mol. The van der Waals surface area contributed by atoms with Crippen molar-refractivity contribution in [2.45, 2.75) is 18.2 Å². The molecule has 0 spiro atoms. The van der Waals surface area contributed by atoms with Crippen molar-refractivity contribution < 1.29 is 9.47 Å². The van der Waals surface area contributed by atoms with Crippen LogP contribution in [0.2, 0.25) is 0 Å². The molecule has 1 aromatic carbocycles. The number of piperidine rings is 1. The first-order chi connectivity index (χ1) is 8.78. The lowest BCUT2D eigenvalue weighted by Gasteiger charge is -2.29. The van der Waals surface area contributed by atoms with Gasteiger partial charge in [-0.1, -0.05) is 0 Å². The van der Waals surface area contributed by atoms with E-state index < -0.39 is 0 Å². The van der Waals surface area contributed by atoms with Gasteiger partial charge in [0.05, 0.1) is 7.11 Å². The first-order valence-electron chi connectivity index (χ1n) is 6.41. The Morgan fingerprint density at radius 2 is 2.00 bits per heavy atom. The molecule has 0 aromatic heterocycles. The maximum Gasteiger partial charge on any atom is 0.119 e. The second-order valence-electron chi connectivity index (χ2n) is 4.56. The average molecular weight is 270 g/mol. The van der Waals surface area contributed by atoms with Crippen LogP contribution in [-0.2, 0) is 0 Å². The van der Waals surface area contributed by atoms with Crippen LogP contribution in [0.5, 0.6) is 11.5 Å². The molecule has 0 saturated carbocycles. The number of ether oxygens (including phenoxy) is 2. The molecule has 18 heavy (non-hydrogen) atoms. The highest BCUT2D eigenvalue weighted by Gasteiger charge is 2.17. The third-order valence-corrected chi connectivity index (χ3v) is 3.54. The van der Waals surface area contributed by atoms with Gasteiger partial charge in [-0.25, -0.2) is 0 Å². The van der Waals surface area contributed by atoms with Crippen LogP contribution in [0.25, 0.3) is 0 Å². The first kappa shape index (κ1) is 13.5. The van der Waals surface area contributed by atoms with Crippen molar-refractivity contribution in [2.75, 3.05) is 33.4 Å². The van der Waals surface area contributed by atoms with E-state index >= 15 is 0 Å². The summed E-state index contributed by atoms with van der Waals surface area (Å²) in [4.78, 5) is 2.37. The van der Waals surface area contributed by atoms with Crippen molar-refractivity contribution in [3.05, 3.63) is 24.3 Å². The van der Waals surface area contributed by atoms with Crippen molar-refractivity contribution in [3.8, 4) is 11.5 Å². The van der Waals surface area contributed by atoms with Gasteiger partial charge in [0.25, 0.3) is 0 Å². The molecule has 4 heteroatoms. The number of alkyl halides is 1. The normalized spacial score (nSPS) is 20.7. The van der Waals surface area contributed by atoms with E-state index in [0.29, 0.717) is 12.0 Å². The Morgan fingerprint density at radius 3 is 2.67 bits per heavy atom. The lowest BCUT2D eigenvalue weighted by atomic mass is 10.1. The van der Waals surface area contributed by atoms with Gasteiger partial charge in [-0.3, -0.25) is 4.90 Å². The molecule has 1 heterocycles. The quantitative estimate of drug-likeness (QED) is 0.768. The Morgan fingerprint density at radius 1 is 1.28 bits per heavy atom. The second-order valence-corrected chi connectivity index (χ2v) is 5.18. The number of nitrogens with zero attached hydrogens (tertiary/aromatic N) is 1. The Bertz CT molecular complexity index is 355. The summed E-state index contributed by atoms with van der Waals surface area (Å²) in [6.07, 6.45) is 2.33. The highest BCUT2D eigenvalue weighted by atomic mass is 35.5. The minimum Gasteiger partial charge on any atom is -0.497 e. The summed E-state index contributed by atoms with van der Waals surface area (Å²) < 4.78 is 10.8. The van der Waals surface area contributed by atoms with Crippen LogP contribution >= 0.6 is 11.6 Å². The lowest BCUT2D eigenvalue weighted by Crippen LogP contribution is -2.38. The summed E-state index contributed by atoms with van der Waals surface area (Å²) in [5, 5.41) is 0.305. The molecule has 0 bridgehead atoms. The Labute approximate surface area is 114 Å². The van der Waals surface area contributed by atoms with Gasteiger partial charge in [0.15, 0.2) is 0 Å². The molecular weight excluding hydrogens is 250 g/mol. The summed E-state index contributed by atoms with van der Waals surface area (Å²) in [6, 6.07) is 7.68. The SMILES string of the molecule is COc1ccc(OCCN2CCCC(Cl)C2)cc1. The van der Waals surface area contributed by atoms with Crippen LogP contribution in [0.4, 0.5) is 0 Å². The molecule has 1 aliphatic heterocycles. The summed E-state index contributed by atoms with van der Waals surface area (Å²) >= 11 is 6.14. The van der Waals surface area contributed by atoms with Crippen LogP contribution in [0, 0.1) is 0 Å². The molecule has 1 aromatic rings. The highest BCUT2D eigenvalue weighted by molar-refractivity contribution is 6.20. The summed E-state index contributed by atoms with van der Waals surface area (Å²) in [7, 11) is 1.66. The molecule has 1 fully saturated rings. The average Bonchev–Trinajstić information content (AvgIpc) is 2.40. The first-order valence-corrected chi connectivity index (χ1v) is 6.85. The van der Waals surface area contributed by atoms with Crippen LogP contribution in [0.1, 0.15) is 12.8 Å². The fraction of sp³-hybridized carbons (Fsp3) is 0.571. The third kappa shape index (κ3) is 4.07. The van der Waals surface area contributed by atoms with Gasteiger partial charge in [0, 0.05) is 18.5 Å². The molecule has 1 atom stereocenters. The van der Waals surface area contributed by atoms with Crippen molar-refractivity contribution in [2.24, 2.45) is 0 Å². The standard InChI is InChI=1S/C14H20ClNO2/c1-17-13-4-6-14(7-5-13)18-10-9-16-8-2-3-12(15)11-16/h4-7,12H,2-3,8-11H2,1H3. The number of benzene rings is 1. The largest absolute Gasteiger partial charge is 0.497 e. The van der Waals surface area contributed by atoms with Crippen molar-refractivity contribution >= 4 is 11.6 Å². The van der Waals surface area contributed by atoms with E-state index in [9.17, 15) is 0 Å². The van der Waals surface area contributed by atoms with Gasteiger partial charge in [-0.15, -0.1) is 11.6 Å². The fourth-order valence-electron chi connectivity index (χ4n) is 2.17. The van der Waals surface area contributed by atoms with Gasteiger partial charge in [0.2, 0.25) is 0 Å². The number of hydrogen-bond donors (Lipinski definition) is 0. The smallest absolute Gasteiger partial charge is 0.119 e. The molecule has 1 aliphatic rings. The maximum absolute atomic E-state index is 6.14. The number of likely N-dealkylation sites (tertiary alicyclic amines) is 1. The molecular formula is C14H20ClNO2. The zero-order chi connectivity index (χ0) is 12.8. The molecule has 2 rings (SSSR count). The van der Waals surface area contributed by atoms with Crippen LogP contribution in [-0.4, -0.2) is 43.6 Å². The van der Waals surface area contributed by atoms with Crippen LogP contribution in [0.15, 0.2) is 24.3 Å². The Balaban J connectivity index is 1.70. The van der Waals surface area contributed by atoms with Gasteiger partial charge < -0.3 is 9.47 Å². The van der Waals surface area contributed by atoms with E-state index in [1.807, 2.05) is 24.3 Å². The lowest BCUT2D eigenvalue weighted by molar-refractivity contribution is 0.185. The number of rotatable bonds is 5. The molecule has 3 nitrogen and oxygen atoms in total. The molecule has 0 aliphatic carbocycles. The van der Waals surface area contributed by atoms with E-state index in [1.165, 1.54) is 6.42 Å². The van der Waals surface area contributed by atoms with Gasteiger partial charge in [-0.2, -0.15) is 0 Å². The maximum atomic E-state index is 6.14. The van der Waals surface area contributed by atoms with Crippen LogP contribution in [0.3, 0.4) is 0 Å². The van der Waals surface area contributed by atoms with Gasteiger partial charge >= 0.3 is 0 Å². The Kier molecular flexibility index (Phi) is 5.14. The molecule has 0 N–H and O–H groups in total. The van der Waals surface area contributed by atoms with Crippen molar-refractivity contribution in [1.29, 1.82) is 0 Å². The van der Waals surface area contributed by atoms with Gasteiger partial charge in [0.1, 0.15) is 18.1 Å². The molecule has 0 radical (unpaired) electrons. The van der Waals surface area contributed by atoms with E-state index in [2.05, 4.69) is 4.90 Å². The van der Waals surface area contributed by atoms with Crippen molar-refractivity contribution in [1.82, 2.24) is 4.90 Å². The van der Waals surface area contributed by atoms with Crippen molar-refractivity contribution in [3.63, 3.8) is 0 Å². The molecule has 1 saturated heterocycles. The minimum absolute atomic E-state index is 0.305. The summed E-state index contributed by atoms with van der Waals surface area (Å²) in [5.74, 6) is 1.73. The van der Waals surface area contributed by atoms with Crippen LogP contribution < -0.4 is 9.47 Å². The highest BCUT2D eigenvalue weighted by Crippen LogP contribution is 2.18. The minimum atomic E-state index is 0.305. The molecule has 1 unspecified atom stereocenters. The predicted octanol–water partition coefficient (Wildman–Crippen LogP) is 2.78. The molecule has 100 valence electrons. The van der Waals surface area contributed by atoms with E-state index in [1.54, 1.807) is 7.11 Å². The third-order valence-electron chi connectivity index (χ3n) is 3.18. The number of hydrogen-bond acceptors (Lipinski definition) is 3. The van der Waals surface area contributed by atoms with E-state index in [0.717, 1.165) is 37.6 Å². The second kappa shape index (κ2) is 6.86. The summed E-state index contributed by atoms with van der Waals surface area (Å²) in [6.45, 7) is 3.76. The van der Waals surface area contributed by atoms with E-state index in [-0.39, 0.29) is 0 Å². The van der Waals surface area contributed by atoms with E-state index in [4.69, 9.17) is 21.1 Å². The zero-order valence-electron chi connectivity index (χ0n) is 10.8. The molecule has 0 amide bonds. The number of methoxy groups -OCH3 is 1. The monoisotopic (exact) mass is 269 g/mol. The van der Waals surface area contributed by atoms with Gasteiger partial charge in [-0.05, 0) is 43.7 Å². The number of halogens is 1.